The van der Waals surface area contributed by atoms with Gasteiger partial charge in [-0.25, -0.2) is 0 Å². The number of hydrogen-bond donors (Lipinski definition) is 1. The van der Waals surface area contributed by atoms with Crippen molar-refractivity contribution in [2.45, 2.75) is 25.7 Å². The van der Waals surface area contributed by atoms with Crippen LogP contribution in [0.1, 0.15) is 25.7 Å². The number of amides is 1. The number of carbonyl (C=O) groups is 1. The number of piperidine rings is 1. The quantitative estimate of drug-likeness (QED) is 0.778. The number of halogens is 1. The number of likely N-dealkylation sites (N-methyl/N-ethyl adjacent to an activating group) is 1. The number of benzene rings is 1. The van der Waals surface area contributed by atoms with Crippen molar-refractivity contribution in [2.24, 2.45) is 5.92 Å². The summed E-state index contributed by atoms with van der Waals surface area (Å²) in [5.41, 5.74) is 0. The zero-order valence-corrected chi connectivity index (χ0v) is 15.4. The minimum Gasteiger partial charge on any atom is -0.493 e. The van der Waals surface area contributed by atoms with Gasteiger partial charge in [0.05, 0.1) is 13.7 Å². The third-order valence-electron chi connectivity index (χ3n) is 4.40. The van der Waals surface area contributed by atoms with Crippen LogP contribution in [0, 0.1) is 5.92 Å². The molecule has 1 aliphatic heterocycles. The van der Waals surface area contributed by atoms with Gasteiger partial charge in [-0.1, -0.05) is 12.1 Å². The Kier molecular flexibility index (Phi) is 9.57. The molecule has 0 spiro atoms. The molecule has 1 amide bonds. The van der Waals surface area contributed by atoms with Crippen LogP contribution in [0.3, 0.4) is 0 Å². The first-order chi connectivity index (χ1) is 11.2. The summed E-state index contributed by atoms with van der Waals surface area (Å²) in [6, 6.07) is 7.55. The molecule has 0 radical (unpaired) electrons. The van der Waals surface area contributed by atoms with Gasteiger partial charge >= 0.3 is 0 Å². The van der Waals surface area contributed by atoms with E-state index in [1.54, 1.807) is 12.0 Å². The fourth-order valence-electron chi connectivity index (χ4n) is 2.84. The lowest BCUT2D eigenvalue weighted by molar-refractivity contribution is -0.130. The van der Waals surface area contributed by atoms with Gasteiger partial charge in [0.15, 0.2) is 11.5 Å². The van der Waals surface area contributed by atoms with Gasteiger partial charge in [0.1, 0.15) is 6.61 Å². The van der Waals surface area contributed by atoms with Crippen LogP contribution in [0.15, 0.2) is 24.3 Å². The van der Waals surface area contributed by atoms with Gasteiger partial charge in [-0.15, -0.1) is 12.4 Å². The number of ether oxygens (including phenoxy) is 2. The average Bonchev–Trinajstić information content (AvgIpc) is 2.60. The van der Waals surface area contributed by atoms with Crippen molar-refractivity contribution >= 4 is 18.3 Å². The maximum atomic E-state index is 12.2. The average molecular weight is 357 g/mol. The smallest absolute Gasteiger partial charge is 0.222 e. The Balaban J connectivity index is 0.00000288. The highest BCUT2D eigenvalue weighted by molar-refractivity contribution is 5.85. The molecule has 1 aliphatic rings. The first-order valence-electron chi connectivity index (χ1n) is 8.41. The van der Waals surface area contributed by atoms with Crippen LogP contribution in [0.25, 0.3) is 0 Å². The predicted molar refractivity (Wildman–Crippen MR) is 98.2 cm³/mol. The lowest BCUT2D eigenvalue weighted by Crippen LogP contribution is -2.32. The molecule has 0 aliphatic carbocycles. The summed E-state index contributed by atoms with van der Waals surface area (Å²) in [5, 5.41) is 3.36. The van der Waals surface area contributed by atoms with Crippen molar-refractivity contribution in [3.63, 3.8) is 0 Å². The maximum Gasteiger partial charge on any atom is 0.222 e. The van der Waals surface area contributed by atoms with Crippen LogP contribution in [-0.2, 0) is 4.79 Å². The normalized spacial score (nSPS) is 14.6. The molecule has 1 aromatic carbocycles. The van der Waals surface area contributed by atoms with Crippen LogP contribution in [0.4, 0.5) is 0 Å². The van der Waals surface area contributed by atoms with Crippen LogP contribution in [0.2, 0.25) is 0 Å². The molecule has 1 saturated heterocycles. The van der Waals surface area contributed by atoms with Crippen molar-refractivity contribution in [2.75, 3.05) is 40.4 Å². The first kappa shape index (κ1) is 20.6. The van der Waals surface area contributed by atoms with E-state index in [1.807, 2.05) is 31.3 Å². The molecular weight excluding hydrogens is 328 g/mol. The third-order valence-corrected chi connectivity index (χ3v) is 4.40. The molecular formula is C18H29ClN2O3. The molecule has 1 N–H and O–H groups in total. The van der Waals surface area contributed by atoms with Crippen LogP contribution < -0.4 is 14.8 Å². The Morgan fingerprint density at radius 2 is 1.92 bits per heavy atom. The van der Waals surface area contributed by atoms with Gasteiger partial charge in [-0.3, -0.25) is 4.79 Å². The second kappa shape index (κ2) is 11.2. The van der Waals surface area contributed by atoms with Crippen molar-refractivity contribution in [1.82, 2.24) is 10.2 Å². The highest BCUT2D eigenvalue weighted by atomic mass is 35.5. The molecule has 5 nitrogen and oxygen atoms in total. The highest BCUT2D eigenvalue weighted by Crippen LogP contribution is 2.25. The van der Waals surface area contributed by atoms with E-state index in [0.29, 0.717) is 37.0 Å². The van der Waals surface area contributed by atoms with E-state index in [-0.39, 0.29) is 18.3 Å². The summed E-state index contributed by atoms with van der Waals surface area (Å²) < 4.78 is 11.0. The van der Waals surface area contributed by atoms with Gasteiger partial charge in [-0.05, 0) is 50.4 Å². The number of para-hydroxylation sites is 2. The number of rotatable bonds is 8. The molecule has 0 unspecified atom stereocenters. The van der Waals surface area contributed by atoms with E-state index in [1.165, 1.54) is 12.8 Å². The fraction of sp³-hybridized carbons (Fsp3) is 0.611. The van der Waals surface area contributed by atoms with Crippen LogP contribution in [0.5, 0.6) is 11.5 Å². The summed E-state index contributed by atoms with van der Waals surface area (Å²) in [4.78, 5) is 13.9. The molecule has 0 aromatic heterocycles. The number of carbonyl (C=O) groups excluding carboxylic acids is 1. The fourth-order valence-corrected chi connectivity index (χ4v) is 2.84. The summed E-state index contributed by atoms with van der Waals surface area (Å²) in [5.74, 6) is 2.32. The lowest BCUT2D eigenvalue weighted by Gasteiger charge is -2.23. The number of hydrogen-bond acceptors (Lipinski definition) is 4. The third kappa shape index (κ3) is 6.57. The zero-order chi connectivity index (χ0) is 16.5. The first-order valence-corrected chi connectivity index (χ1v) is 8.41. The molecule has 1 fully saturated rings. The Morgan fingerprint density at radius 1 is 1.25 bits per heavy atom. The van der Waals surface area contributed by atoms with Crippen molar-refractivity contribution in [3.05, 3.63) is 24.3 Å². The van der Waals surface area contributed by atoms with Gasteiger partial charge in [0, 0.05) is 13.5 Å². The molecule has 1 aromatic rings. The topological polar surface area (TPSA) is 50.8 Å². The monoisotopic (exact) mass is 356 g/mol. The lowest BCUT2D eigenvalue weighted by atomic mass is 9.93. The molecule has 2 rings (SSSR count). The second-order valence-corrected chi connectivity index (χ2v) is 6.05. The van der Waals surface area contributed by atoms with E-state index in [9.17, 15) is 4.79 Å². The van der Waals surface area contributed by atoms with E-state index in [0.717, 1.165) is 19.5 Å². The Labute approximate surface area is 151 Å². The standard InChI is InChI=1S/C18H28N2O3.ClH/c1-20(18(21)8-7-15-9-11-19-12-10-15)13-14-23-17-6-4-3-5-16(17)22-2;/h3-6,15,19H,7-14H2,1-2H3;1H. The summed E-state index contributed by atoms with van der Waals surface area (Å²) >= 11 is 0. The maximum absolute atomic E-state index is 12.2. The zero-order valence-electron chi connectivity index (χ0n) is 14.6. The predicted octanol–water partition coefficient (Wildman–Crippen LogP) is 2.73. The molecule has 24 heavy (non-hydrogen) atoms. The molecule has 136 valence electrons. The molecule has 0 bridgehead atoms. The summed E-state index contributed by atoms with van der Waals surface area (Å²) in [7, 11) is 3.47. The molecule has 0 saturated carbocycles. The SMILES string of the molecule is COc1ccccc1OCCN(C)C(=O)CCC1CCNCC1.Cl. The van der Waals surface area contributed by atoms with Crippen LogP contribution >= 0.6 is 12.4 Å². The summed E-state index contributed by atoms with van der Waals surface area (Å²) in [6.07, 6.45) is 4.01. The molecule has 1 heterocycles. The van der Waals surface area contributed by atoms with Gasteiger partial charge in [-0.2, -0.15) is 0 Å². The largest absolute Gasteiger partial charge is 0.493 e. The molecule has 6 heteroatoms. The Morgan fingerprint density at radius 3 is 2.58 bits per heavy atom. The number of nitrogens with zero attached hydrogens (tertiary/aromatic N) is 1. The summed E-state index contributed by atoms with van der Waals surface area (Å²) in [6.45, 7) is 3.22. The number of methoxy groups -OCH3 is 1. The molecule has 0 atom stereocenters. The van der Waals surface area contributed by atoms with Gasteiger partial charge in [0.2, 0.25) is 5.91 Å². The second-order valence-electron chi connectivity index (χ2n) is 6.05. The van der Waals surface area contributed by atoms with Gasteiger partial charge in [0.25, 0.3) is 0 Å². The van der Waals surface area contributed by atoms with Crippen LogP contribution in [-0.4, -0.2) is 51.2 Å². The van der Waals surface area contributed by atoms with Gasteiger partial charge < -0.3 is 19.7 Å². The minimum atomic E-state index is 0. The van der Waals surface area contributed by atoms with Crippen molar-refractivity contribution < 1.29 is 14.3 Å². The Hall–Kier alpha value is -1.46. The van der Waals surface area contributed by atoms with E-state index in [4.69, 9.17) is 9.47 Å². The number of nitrogens with one attached hydrogen (secondary N) is 1. The van der Waals surface area contributed by atoms with E-state index >= 15 is 0 Å². The highest BCUT2D eigenvalue weighted by Gasteiger charge is 2.16. The minimum absolute atomic E-state index is 0. The van der Waals surface area contributed by atoms with E-state index in [2.05, 4.69) is 5.32 Å². The van der Waals surface area contributed by atoms with E-state index < -0.39 is 0 Å². The Bertz CT molecular complexity index is 493. The van der Waals surface area contributed by atoms with Crippen molar-refractivity contribution in [1.29, 1.82) is 0 Å². The van der Waals surface area contributed by atoms with Crippen molar-refractivity contribution in [3.8, 4) is 11.5 Å².